The summed E-state index contributed by atoms with van der Waals surface area (Å²) in [6.45, 7) is 4.99. The van der Waals surface area contributed by atoms with Gasteiger partial charge in [-0.25, -0.2) is 0 Å². The lowest BCUT2D eigenvalue weighted by atomic mass is 9.60. The van der Waals surface area contributed by atoms with E-state index in [0.717, 1.165) is 23.7 Å². The number of halogens is 1. The first-order chi connectivity index (χ1) is 9.65. The quantitative estimate of drug-likeness (QED) is 0.861. The average Bonchev–Trinajstić information content (AvgIpc) is 2.92. The highest BCUT2D eigenvalue weighted by molar-refractivity contribution is 6.33. The van der Waals surface area contributed by atoms with E-state index in [9.17, 15) is 0 Å². The zero-order chi connectivity index (χ0) is 14.2. The second kappa shape index (κ2) is 5.57. The molecule has 2 nitrogen and oxygen atoms in total. The molecule has 1 N–H and O–H groups in total. The van der Waals surface area contributed by atoms with Gasteiger partial charge in [-0.05, 0) is 50.8 Å². The SMILES string of the molecule is CCOC1CC(Nc2ccc(C)cc2Cl)C12CCCC2. The molecule has 2 unspecified atom stereocenters. The maximum atomic E-state index is 6.35. The minimum atomic E-state index is 0.351. The Morgan fingerprint density at radius 1 is 1.35 bits per heavy atom. The van der Waals surface area contributed by atoms with Crippen LogP contribution in [-0.2, 0) is 4.74 Å². The molecule has 0 aliphatic heterocycles. The minimum Gasteiger partial charge on any atom is -0.380 e. The van der Waals surface area contributed by atoms with Crippen molar-refractivity contribution in [1.82, 2.24) is 0 Å². The third kappa shape index (κ3) is 2.33. The average molecular weight is 294 g/mol. The molecule has 2 atom stereocenters. The number of rotatable bonds is 4. The van der Waals surface area contributed by atoms with Gasteiger partial charge in [-0.1, -0.05) is 30.5 Å². The molecule has 0 bridgehead atoms. The predicted molar refractivity (Wildman–Crippen MR) is 84.5 cm³/mol. The van der Waals surface area contributed by atoms with Gasteiger partial charge in [-0.3, -0.25) is 0 Å². The van der Waals surface area contributed by atoms with E-state index in [1.165, 1.54) is 31.2 Å². The van der Waals surface area contributed by atoms with Crippen LogP contribution in [0.25, 0.3) is 0 Å². The van der Waals surface area contributed by atoms with Crippen LogP contribution in [0.2, 0.25) is 5.02 Å². The van der Waals surface area contributed by atoms with Crippen LogP contribution in [0, 0.1) is 12.3 Å². The van der Waals surface area contributed by atoms with Gasteiger partial charge in [0.1, 0.15) is 0 Å². The Hall–Kier alpha value is -0.730. The molecule has 2 aliphatic carbocycles. The smallest absolute Gasteiger partial charge is 0.0670 e. The lowest BCUT2D eigenvalue weighted by Crippen LogP contribution is -2.60. The predicted octanol–water partition coefficient (Wildman–Crippen LogP) is 4.80. The van der Waals surface area contributed by atoms with E-state index in [-0.39, 0.29) is 0 Å². The summed E-state index contributed by atoms with van der Waals surface area (Å²) in [4.78, 5) is 0. The summed E-state index contributed by atoms with van der Waals surface area (Å²) in [6, 6.07) is 6.77. The summed E-state index contributed by atoms with van der Waals surface area (Å²) < 4.78 is 5.96. The molecular formula is C17H24ClNO. The lowest BCUT2D eigenvalue weighted by molar-refractivity contribution is -0.114. The molecule has 110 valence electrons. The van der Waals surface area contributed by atoms with E-state index in [1.807, 2.05) is 6.07 Å². The Labute approximate surface area is 126 Å². The van der Waals surface area contributed by atoms with E-state index in [0.29, 0.717) is 17.6 Å². The summed E-state index contributed by atoms with van der Waals surface area (Å²) >= 11 is 6.35. The maximum Gasteiger partial charge on any atom is 0.0670 e. The van der Waals surface area contributed by atoms with Gasteiger partial charge < -0.3 is 10.1 Å². The van der Waals surface area contributed by atoms with Crippen molar-refractivity contribution in [2.75, 3.05) is 11.9 Å². The molecule has 0 aromatic heterocycles. The Kier molecular flexibility index (Phi) is 3.96. The molecule has 1 aromatic rings. The van der Waals surface area contributed by atoms with Crippen LogP contribution in [0.5, 0.6) is 0 Å². The highest BCUT2D eigenvalue weighted by atomic mass is 35.5. The second-order valence-electron chi connectivity index (χ2n) is 6.30. The number of benzene rings is 1. The largest absolute Gasteiger partial charge is 0.380 e. The first-order valence-corrected chi connectivity index (χ1v) is 8.18. The van der Waals surface area contributed by atoms with Crippen molar-refractivity contribution in [3.05, 3.63) is 28.8 Å². The fourth-order valence-corrected chi connectivity index (χ4v) is 4.30. The Balaban J connectivity index is 1.74. The molecule has 20 heavy (non-hydrogen) atoms. The standard InChI is InChI=1S/C17H24ClNO/c1-3-20-16-11-15(17(16)8-4-5-9-17)19-14-7-6-12(2)10-13(14)18/h6-7,10,15-16,19H,3-5,8-9,11H2,1-2H3. The van der Waals surface area contributed by atoms with E-state index in [4.69, 9.17) is 16.3 Å². The Bertz CT molecular complexity index is 482. The van der Waals surface area contributed by atoms with Crippen LogP contribution >= 0.6 is 11.6 Å². The summed E-state index contributed by atoms with van der Waals surface area (Å²) in [7, 11) is 0. The van der Waals surface area contributed by atoms with Crippen molar-refractivity contribution in [1.29, 1.82) is 0 Å². The van der Waals surface area contributed by atoms with Gasteiger partial charge in [0.05, 0.1) is 16.8 Å². The monoisotopic (exact) mass is 293 g/mol. The van der Waals surface area contributed by atoms with Gasteiger partial charge in [0.15, 0.2) is 0 Å². The minimum absolute atomic E-state index is 0.351. The van der Waals surface area contributed by atoms with Crippen molar-refractivity contribution in [2.24, 2.45) is 5.41 Å². The molecule has 0 radical (unpaired) electrons. The molecule has 2 fully saturated rings. The van der Waals surface area contributed by atoms with Crippen LogP contribution in [0.3, 0.4) is 0 Å². The fraction of sp³-hybridized carbons (Fsp3) is 0.647. The molecule has 2 aliphatic rings. The molecule has 3 rings (SSSR count). The molecule has 2 saturated carbocycles. The van der Waals surface area contributed by atoms with E-state index < -0.39 is 0 Å². The van der Waals surface area contributed by atoms with Gasteiger partial charge in [0, 0.05) is 18.1 Å². The number of anilines is 1. The van der Waals surface area contributed by atoms with Crippen molar-refractivity contribution >= 4 is 17.3 Å². The highest BCUT2D eigenvalue weighted by Gasteiger charge is 2.56. The summed E-state index contributed by atoms with van der Waals surface area (Å²) in [5.41, 5.74) is 2.63. The normalized spacial score (nSPS) is 27.6. The Morgan fingerprint density at radius 2 is 2.10 bits per heavy atom. The number of aryl methyl sites for hydroxylation is 1. The molecule has 0 saturated heterocycles. The van der Waals surface area contributed by atoms with Gasteiger partial charge in [0.2, 0.25) is 0 Å². The van der Waals surface area contributed by atoms with Crippen molar-refractivity contribution in [3.8, 4) is 0 Å². The molecule has 3 heteroatoms. The molecular weight excluding hydrogens is 270 g/mol. The van der Waals surface area contributed by atoms with Crippen LogP contribution in [0.15, 0.2) is 18.2 Å². The molecule has 0 heterocycles. The topological polar surface area (TPSA) is 21.3 Å². The third-order valence-corrected chi connectivity index (χ3v) is 5.45. The van der Waals surface area contributed by atoms with Crippen molar-refractivity contribution in [3.63, 3.8) is 0 Å². The fourth-order valence-electron chi connectivity index (χ4n) is 4.01. The van der Waals surface area contributed by atoms with Gasteiger partial charge in [0.25, 0.3) is 0 Å². The van der Waals surface area contributed by atoms with Crippen LogP contribution in [-0.4, -0.2) is 18.8 Å². The summed E-state index contributed by atoms with van der Waals surface area (Å²) in [5.74, 6) is 0. The Morgan fingerprint density at radius 3 is 2.75 bits per heavy atom. The maximum absolute atomic E-state index is 6.35. The van der Waals surface area contributed by atoms with Gasteiger partial charge >= 0.3 is 0 Å². The summed E-state index contributed by atoms with van der Waals surface area (Å²) in [6.07, 6.45) is 6.80. The van der Waals surface area contributed by atoms with Crippen molar-refractivity contribution in [2.45, 2.75) is 58.1 Å². The van der Waals surface area contributed by atoms with E-state index >= 15 is 0 Å². The molecule has 0 amide bonds. The number of hydrogen-bond acceptors (Lipinski definition) is 2. The first-order valence-electron chi connectivity index (χ1n) is 7.80. The lowest BCUT2D eigenvalue weighted by Gasteiger charge is -2.54. The summed E-state index contributed by atoms with van der Waals surface area (Å²) in [5, 5.41) is 4.51. The number of ether oxygens (including phenoxy) is 1. The van der Waals surface area contributed by atoms with Crippen LogP contribution in [0.1, 0.15) is 44.6 Å². The second-order valence-corrected chi connectivity index (χ2v) is 6.71. The zero-order valence-electron chi connectivity index (χ0n) is 12.4. The van der Waals surface area contributed by atoms with Gasteiger partial charge in [-0.2, -0.15) is 0 Å². The third-order valence-electron chi connectivity index (χ3n) is 5.14. The molecule has 1 spiro atoms. The van der Waals surface area contributed by atoms with E-state index in [2.05, 4.69) is 31.3 Å². The van der Waals surface area contributed by atoms with Crippen molar-refractivity contribution < 1.29 is 4.74 Å². The number of nitrogens with one attached hydrogen (secondary N) is 1. The van der Waals surface area contributed by atoms with Crippen LogP contribution in [0.4, 0.5) is 5.69 Å². The number of hydrogen-bond donors (Lipinski definition) is 1. The van der Waals surface area contributed by atoms with E-state index in [1.54, 1.807) is 0 Å². The molecule has 1 aromatic carbocycles. The van der Waals surface area contributed by atoms with Gasteiger partial charge in [-0.15, -0.1) is 0 Å². The highest BCUT2D eigenvalue weighted by Crippen LogP contribution is 2.55. The van der Waals surface area contributed by atoms with Crippen LogP contribution < -0.4 is 5.32 Å². The first kappa shape index (κ1) is 14.2. The zero-order valence-corrected chi connectivity index (χ0v) is 13.2.